The Hall–Kier alpha value is -2.47. The number of rotatable bonds is 3. The number of urea groups is 1. The lowest BCUT2D eigenvalue weighted by Gasteiger charge is -2.08. The summed E-state index contributed by atoms with van der Waals surface area (Å²) in [6, 6.07) is 14.8. The maximum absolute atomic E-state index is 11.9. The van der Waals surface area contributed by atoms with E-state index in [1.54, 1.807) is 12.3 Å². The molecular formula is C16H13BrN4O. The molecule has 2 aromatic heterocycles. The maximum atomic E-state index is 11.9. The minimum Gasteiger partial charge on any atom is -0.334 e. The van der Waals surface area contributed by atoms with Crippen molar-refractivity contribution in [2.24, 2.45) is 0 Å². The molecule has 110 valence electrons. The van der Waals surface area contributed by atoms with E-state index >= 15 is 0 Å². The minimum atomic E-state index is -0.293. The van der Waals surface area contributed by atoms with Crippen LogP contribution in [0.3, 0.4) is 0 Å². The molecule has 0 radical (unpaired) electrons. The Morgan fingerprint density at radius 2 is 1.91 bits per heavy atom. The highest BCUT2D eigenvalue weighted by Crippen LogP contribution is 2.17. The van der Waals surface area contributed by atoms with Gasteiger partial charge in [0.1, 0.15) is 5.82 Å². The first-order chi connectivity index (χ1) is 10.7. The summed E-state index contributed by atoms with van der Waals surface area (Å²) in [7, 11) is 0. The SMILES string of the molecule is O=C(NCc1ccccc1)Nc1ccc2ncc(Br)cc2n1. The van der Waals surface area contributed by atoms with Gasteiger partial charge in [0, 0.05) is 17.2 Å². The van der Waals surface area contributed by atoms with Gasteiger partial charge in [-0.15, -0.1) is 0 Å². The van der Waals surface area contributed by atoms with Crippen LogP contribution >= 0.6 is 15.9 Å². The van der Waals surface area contributed by atoms with Gasteiger partial charge in [0.05, 0.1) is 11.0 Å². The molecule has 0 bridgehead atoms. The van der Waals surface area contributed by atoms with Crippen LogP contribution in [0.5, 0.6) is 0 Å². The molecule has 22 heavy (non-hydrogen) atoms. The average molecular weight is 357 g/mol. The van der Waals surface area contributed by atoms with E-state index in [0.29, 0.717) is 12.4 Å². The quantitative estimate of drug-likeness (QED) is 0.751. The molecule has 1 aromatic carbocycles. The van der Waals surface area contributed by atoms with Gasteiger partial charge in [-0.2, -0.15) is 0 Å². The number of hydrogen-bond acceptors (Lipinski definition) is 3. The highest BCUT2D eigenvalue weighted by molar-refractivity contribution is 9.10. The number of pyridine rings is 2. The number of nitrogens with zero attached hydrogens (tertiary/aromatic N) is 2. The fraction of sp³-hybridized carbons (Fsp3) is 0.0625. The second-order valence-corrected chi connectivity index (χ2v) is 5.60. The molecule has 2 N–H and O–H groups in total. The van der Waals surface area contributed by atoms with Crippen LogP contribution < -0.4 is 10.6 Å². The van der Waals surface area contributed by atoms with Gasteiger partial charge in [-0.25, -0.2) is 9.78 Å². The van der Waals surface area contributed by atoms with E-state index in [9.17, 15) is 4.79 Å². The number of carbonyl (C=O) groups is 1. The normalized spacial score (nSPS) is 10.4. The molecule has 3 aromatic rings. The summed E-state index contributed by atoms with van der Waals surface area (Å²) >= 11 is 3.36. The molecule has 0 aliphatic heterocycles. The van der Waals surface area contributed by atoms with Crippen molar-refractivity contribution in [1.82, 2.24) is 15.3 Å². The lowest BCUT2D eigenvalue weighted by atomic mass is 10.2. The molecule has 0 aliphatic rings. The number of hydrogen-bond donors (Lipinski definition) is 2. The van der Waals surface area contributed by atoms with Crippen LogP contribution in [-0.2, 0) is 6.54 Å². The van der Waals surface area contributed by atoms with Crippen molar-refractivity contribution in [1.29, 1.82) is 0 Å². The second kappa shape index (κ2) is 6.53. The van der Waals surface area contributed by atoms with Crippen LogP contribution in [-0.4, -0.2) is 16.0 Å². The standard InChI is InChI=1S/C16H13BrN4O/c17-12-8-14-13(18-10-12)6-7-15(20-14)21-16(22)19-9-11-4-2-1-3-5-11/h1-8,10H,9H2,(H2,19,20,21,22). The monoisotopic (exact) mass is 356 g/mol. The van der Waals surface area contributed by atoms with Crippen molar-refractivity contribution in [3.8, 4) is 0 Å². The molecule has 5 nitrogen and oxygen atoms in total. The average Bonchev–Trinajstić information content (AvgIpc) is 2.53. The van der Waals surface area contributed by atoms with Gasteiger partial charge in [0.25, 0.3) is 0 Å². The van der Waals surface area contributed by atoms with E-state index in [4.69, 9.17) is 0 Å². The Labute approximate surface area is 135 Å². The Bertz CT molecular complexity index is 808. The van der Waals surface area contributed by atoms with E-state index in [-0.39, 0.29) is 6.03 Å². The topological polar surface area (TPSA) is 66.9 Å². The Kier molecular flexibility index (Phi) is 4.29. The Balaban J connectivity index is 1.66. The molecule has 0 saturated heterocycles. The molecule has 0 fully saturated rings. The molecule has 0 atom stereocenters. The molecule has 0 saturated carbocycles. The zero-order valence-electron chi connectivity index (χ0n) is 11.6. The second-order valence-electron chi connectivity index (χ2n) is 4.68. The highest BCUT2D eigenvalue weighted by Gasteiger charge is 2.04. The third-order valence-electron chi connectivity index (χ3n) is 3.04. The predicted molar refractivity (Wildman–Crippen MR) is 89.5 cm³/mol. The van der Waals surface area contributed by atoms with Crippen LogP contribution in [0.25, 0.3) is 11.0 Å². The van der Waals surface area contributed by atoms with Gasteiger partial charge in [-0.3, -0.25) is 10.3 Å². The first-order valence-corrected chi connectivity index (χ1v) is 7.51. The van der Waals surface area contributed by atoms with Crippen LogP contribution in [0, 0.1) is 0 Å². The number of benzene rings is 1. The Morgan fingerprint density at radius 3 is 2.73 bits per heavy atom. The third kappa shape index (κ3) is 3.59. The summed E-state index contributed by atoms with van der Waals surface area (Å²) in [6.07, 6.45) is 1.71. The van der Waals surface area contributed by atoms with Gasteiger partial charge >= 0.3 is 6.03 Å². The van der Waals surface area contributed by atoms with Crippen molar-refractivity contribution in [3.63, 3.8) is 0 Å². The van der Waals surface area contributed by atoms with Crippen molar-refractivity contribution >= 4 is 38.8 Å². The number of aromatic nitrogens is 2. The fourth-order valence-electron chi connectivity index (χ4n) is 1.99. The summed E-state index contributed by atoms with van der Waals surface area (Å²) < 4.78 is 0.846. The Morgan fingerprint density at radius 1 is 1.09 bits per heavy atom. The molecular weight excluding hydrogens is 344 g/mol. The van der Waals surface area contributed by atoms with Crippen LogP contribution in [0.2, 0.25) is 0 Å². The summed E-state index contributed by atoms with van der Waals surface area (Å²) in [4.78, 5) is 20.5. The smallest absolute Gasteiger partial charge is 0.320 e. The highest BCUT2D eigenvalue weighted by atomic mass is 79.9. The first kappa shape index (κ1) is 14.5. The zero-order valence-corrected chi connectivity index (χ0v) is 13.2. The van der Waals surface area contributed by atoms with Crippen molar-refractivity contribution in [2.75, 3.05) is 5.32 Å². The van der Waals surface area contributed by atoms with Crippen LogP contribution in [0.4, 0.5) is 10.6 Å². The predicted octanol–water partition coefficient (Wildman–Crippen LogP) is 3.71. The van der Waals surface area contributed by atoms with Crippen molar-refractivity contribution in [2.45, 2.75) is 6.54 Å². The summed E-state index contributed by atoms with van der Waals surface area (Å²) in [5.74, 6) is 0.484. The van der Waals surface area contributed by atoms with Gasteiger partial charge in [0.15, 0.2) is 0 Å². The van der Waals surface area contributed by atoms with Gasteiger partial charge in [-0.1, -0.05) is 30.3 Å². The van der Waals surface area contributed by atoms with E-state index in [1.165, 1.54) is 0 Å². The van der Waals surface area contributed by atoms with Crippen molar-refractivity contribution < 1.29 is 4.79 Å². The maximum Gasteiger partial charge on any atom is 0.320 e. The van der Waals surface area contributed by atoms with E-state index in [0.717, 1.165) is 21.1 Å². The van der Waals surface area contributed by atoms with Gasteiger partial charge in [0.2, 0.25) is 0 Å². The third-order valence-corrected chi connectivity index (χ3v) is 3.48. The largest absolute Gasteiger partial charge is 0.334 e. The van der Waals surface area contributed by atoms with E-state index < -0.39 is 0 Å². The molecule has 2 amide bonds. The summed E-state index contributed by atoms with van der Waals surface area (Å²) in [5, 5.41) is 5.51. The number of carbonyl (C=O) groups excluding carboxylic acids is 1. The van der Waals surface area contributed by atoms with Gasteiger partial charge < -0.3 is 5.32 Å². The molecule has 2 heterocycles. The number of amides is 2. The lowest BCUT2D eigenvalue weighted by Crippen LogP contribution is -2.28. The number of nitrogens with one attached hydrogen (secondary N) is 2. The number of halogens is 1. The molecule has 0 spiro atoms. The molecule has 0 unspecified atom stereocenters. The lowest BCUT2D eigenvalue weighted by molar-refractivity contribution is 0.251. The van der Waals surface area contributed by atoms with Gasteiger partial charge in [-0.05, 0) is 39.7 Å². The molecule has 3 rings (SSSR count). The summed E-state index contributed by atoms with van der Waals surface area (Å²) in [6.45, 7) is 0.466. The van der Waals surface area contributed by atoms with Crippen LogP contribution in [0.1, 0.15) is 5.56 Å². The van der Waals surface area contributed by atoms with Crippen molar-refractivity contribution in [3.05, 3.63) is 64.8 Å². The molecule has 6 heteroatoms. The number of anilines is 1. The zero-order chi connectivity index (χ0) is 15.4. The van der Waals surface area contributed by atoms with E-state index in [1.807, 2.05) is 42.5 Å². The first-order valence-electron chi connectivity index (χ1n) is 6.72. The number of fused-ring (bicyclic) bond motifs is 1. The fourth-order valence-corrected chi connectivity index (χ4v) is 2.31. The molecule has 0 aliphatic carbocycles. The van der Waals surface area contributed by atoms with Crippen LogP contribution in [0.15, 0.2) is 59.2 Å². The summed E-state index contributed by atoms with van der Waals surface area (Å²) in [5.41, 5.74) is 2.53. The van der Waals surface area contributed by atoms with E-state index in [2.05, 4.69) is 36.5 Å². The minimum absolute atomic E-state index is 0.293.